The first kappa shape index (κ1) is 21.4. The summed E-state index contributed by atoms with van der Waals surface area (Å²) in [6.45, 7) is 7.06. The number of amides is 2. The smallest absolute Gasteiger partial charge is 0.256 e. The topological polar surface area (TPSA) is 58.6 Å². The van der Waals surface area contributed by atoms with Crippen LogP contribution in [0.5, 0.6) is 0 Å². The van der Waals surface area contributed by atoms with Gasteiger partial charge in [-0.05, 0) is 55.7 Å². The number of nitrogens with zero attached hydrogens (tertiary/aromatic N) is 1. The molecule has 7 heteroatoms. The standard InChI is InChI=1S/C21H28Cl2N2O3/c1-13(2)11-24-19(26)18-12-28-21(8-6-14(3)7-9-21)25(18)20(27)15-4-5-16(22)17(23)10-15/h4-5,10,13-14,18H,6-9,11-12H2,1-3H3,(H,24,26)/t14?,18-,21?/m0/s1. The molecule has 2 fully saturated rings. The molecule has 154 valence electrons. The van der Waals surface area contributed by atoms with Crippen LogP contribution in [0.4, 0.5) is 0 Å². The van der Waals surface area contributed by atoms with Gasteiger partial charge in [-0.25, -0.2) is 0 Å². The number of carbonyl (C=O) groups is 2. The van der Waals surface area contributed by atoms with Crippen molar-refractivity contribution in [1.82, 2.24) is 10.2 Å². The Morgan fingerprint density at radius 2 is 1.93 bits per heavy atom. The Bertz CT molecular complexity index is 745. The lowest BCUT2D eigenvalue weighted by Gasteiger charge is -2.43. The summed E-state index contributed by atoms with van der Waals surface area (Å²) in [7, 11) is 0. The Kier molecular flexibility index (Phi) is 6.58. The second-order valence-corrected chi connectivity index (χ2v) is 9.21. The van der Waals surface area contributed by atoms with E-state index in [2.05, 4.69) is 12.2 Å². The molecule has 1 saturated carbocycles. The summed E-state index contributed by atoms with van der Waals surface area (Å²) in [6.07, 6.45) is 3.39. The second kappa shape index (κ2) is 8.60. The van der Waals surface area contributed by atoms with E-state index in [9.17, 15) is 9.59 Å². The molecular weight excluding hydrogens is 399 g/mol. The van der Waals surface area contributed by atoms with Crippen LogP contribution in [-0.2, 0) is 9.53 Å². The Balaban J connectivity index is 1.91. The zero-order valence-corrected chi connectivity index (χ0v) is 18.1. The molecule has 0 bridgehead atoms. The highest BCUT2D eigenvalue weighted by atomic mass is 35.5. The third-order valence-electron chi connectivity index (χ3n) is 5.69. The molecule has 1 aliphatic carbocycles. The normalized spacial score (nSPS) is 27.4. The average Bonchev–Trinajstić information content (AvgIpc) is 3.03. The number of rotatable bonds is 4. The summed E-state index contributed by atoms with van der Waals surface area (Å²) in [6, 6.07) is 4.18. The van der Waals surface area contributed by atoms with Gasteiger partial charge >= 0.3 is 0 Å². The SMILES string of the molecule is CC(C)CNC(=O)[C@@H]1COC2(CCC(C)CC2)N1C(=O)c1ccc(Cl)c(Cl)c1. The van der Waals surface area contributed by atoms with E-state index in [1.54, 1.807) is 23.1 Å². The summed E-state index contributed by atoms with van der Waals surface area (Å²) in [5, 5.41) is 3.66. The maximum atomic E-state index is 13.5. The van der Waals surface area contributed by atoms with Gasteiger partial charge in [0.1, 0.15) is 11.8 Å². The van der Waals surface area contributed by atoms with Gasteiger partial charge in [0.25, 0.3) is 5.91 Å². The van der Waals surface area contributed by atoms with Crippen molar-refractivity contribution in [3.8, 4) is 0 Å². The van der Waals surface area contributed by atoms with E-state index < -0.39 is 11.8 Å². The summed E-state index contributed by atoms with van der Waals surface area (Å²) in [5.41, 5.74) is -0.310. The van der Waals surface area contributed by atoms with Crippen molar-refractivity contribution in [1.29, 1.82) is 0 Å². The highest BCUT2D eigenvalue weighted by molar-refractivity contribution is 6.42. The van der Waals surface area contributed by atoms with Crippen molar-refractivity contribution in [2.45, 2.75) is 58.2 Å². The van der Waals surface area contributed by atoms with E-state index in [1.807, 2.05) is 13.8 Å². The third kappa shape index (κ3) is 4.32. The second-order valence-electron chi connectivity index (χ2n) is 8.40. The van der Waals surface area contributed by atoms with Gasteiger partial charge in [0.2, 0.25) is 5.91 Å². The summed E-state index contributed by atoms with van der Waals surface area (Å²) in [4.78, 5) is 28.0. The van der Waals surface area contributed by atoms with Crippen LogP contribution in [0.25, 0.3) is 0 Å². The Morgan fingerprint density at radius 1 is 1.25 bits per heavy atom. The van der Waals surface area contributed by atoms with Crippen molar-refractivity contribution < 1.29 is 14.3 Å². The van der Waals surface area contributed by atoms with E-state index in [1.165, 1.54) is 0 Å². The number of nitrogens with one attached hydrogen (secondary N) is 1. The molecule has 1 spiro atoms. The van der Waals surface area contributed by atoms with E-state index in [4.69, 9.17) is 27.9 Å². The lowest BCUT2D eigenvalue weighted by Crippen LogP contribution is -2.57. The quantitative estimate of drug-likeness (QED) is 0.769. The van der Waals surface area contributed by atoms with E-state index in [0.717, 1.165) is 25.7 Å². The number of hydrogen-bond donors (Lipinski definition) is 1. The van der Waals surface area contributed by atoms with Crippen LogP contribution in [-0.4, -0.2) is 41.6 Å². The first-order valence-electron chi connectivity index (χ1n) is 9.94. The van der Waals surface area contributed by atoms with Crippen molar-refractivity contribution >= 4 is 35.0 Å². The molecule has 0 aromatic heterocycles. The van der Waals surface area contributed by atoms with Crippen molar-refractivity contribution in [3.05, 3.63) is 33.8 Å². The minimum atomic E-state index is -0.727. The fourth-order valence-corrected chi connectivity index (χ4v) is 4.27. The number of benzene rings is 1. The van der Waals surface area contributed by atoms with Crippen LogP contribution >= 0.6 is 23.2 Å². The molecule has 2 amide bonds. The molecule has 1 N–H and O–H groups in total. The highest BCUT2D eigenvalue weighted by Gasteiger charge is 2.53. The van der Waals surface area contributed by atoms with Crippen LogP contribution in [0, 0.1) is 11.8 Å². The van der Waals surface area contributed by atoms with Crippen LogP contribution < -0.4 is 5.32 Å². The zero-order valence-electron chi connectivity index (χ0n) is 16.6. The van der Waals surface area contributed by atoms with Gasteiger partial charge in [-0.1, -0.05) is 44.0 Å². The monoisotopic (exact) mass is 426 g/mol. The molecule has 1 aromatic carbocycles. The Labute approximate surface area is 176 Å². The molecule has 1 saturated heterocycles. The zero-order chi connectivity index (χ0) is 20.5. The molecule has 1 heterocycles. The minimum Gasteiger partial charge on any atom is -0.354 e. The highest BCUT2D eigenvalue weighted by Crippen LogP contribution is 2.43. The first-order valence-corrected chi connectivity index (χ1v) is 10.7. The van der Waals surface area contributed by atoms with Gasteiger partial charge in [-0.15, -0.1) is 0 Å². The molecule has 2 aliphatic rings. The summed E-state index contributed by atoms with van der Waals surface area (Å²) in [5.74, 6) is 0.507. The van der Waals surface area contributed by atoms with Gasteiger partial charge < -0.3 is 10.1 Å². The van der Waals surface area contributed by atoms with Gasteiger partial charge in [0.15, 0.2) is 0 Å². The van der Waals surface area contributed by atoms with Crippen LogP contribution in [0.15, 0.2) is 18.2 Å². The molecule has 1 aromatic rings. The summed E-state index contributed by atoms with van der Waals surface area (Å²) < 4.78 is 6.16. The van der Waals surface area contributed by atoms with Gasteiger partial charge in [-0.2, -0.15) is 0 Å². The maximum Gasteiger partial charge on any atom is 0.256 e. The average molecular weight is 427 g/mol. The van der Waals surface area contributed by atoms with E-state index in [0.29, 0.717) is 34.0 Å². The maximum absolute atomic E-state index is 13.5. The Hall–Kier alpha value is -1.30. The fraction of sp³-hybridized carbons (Fsp3) is 0.619. The number of carbonyl (C=O) groups excluding carboxylic acids is 2. The molecule has 28 heavy (non-hydrogen) atoms. The molecule has 1 aliphatic heterocycles. The van der Waals surface area contributed by atoms with Gasteiger partial charge in [0, 0.05) is 12.1 Å². The molecule has 5 nitrogen and oxygen atoms in total. The first-order chi connectivity index (χ1) is 13.2. The molecular formula is C21H28Cl2N2O3. The van der Waals surface area contributed by atoms with Gasteiger partial charge in [-0.3, -0.25) is 14.5 Å². The largest absolute Gasteiger partial charge is 0.354 e. The predicted molar refractivity (Wildman–Crippen MR) is 111 cm³/mol. The molecule has 0 radical (unpaired) electrons. The van der Waals surface area contributed by atoms with Gasteiger partial charge in [0.05, 0.1) is 16.7 Å². The number of hydrogen-bond acceptors (Lipinski definition) is 3. The fourth-order valence-electron chi connectivity index (χ4n) is 3.97. The summed E-state index contributed by atoms with van der Waals surface area (Å²) >= 11 is 12.1. The predicted octanol–water partition coefficient (Wildman–Crippen LogP) is 4.51. The minimum absolute atomic E-state index is 0.169. The molecule has 3 rings (SSSR count). The number of halogens is 2. The van der Waals surface area contributed by atoms with Crippen molar-refractivity contribution in [2.75, 3.05) is 13.2 Å². The van der Waals surface area contributed by atoms with Crippen LogP contribution in [0.1, 0.15) is 56.8 Å². The third-order valence-corrected chi connectivity index (χ3v) is 6.43. The van der Waals surface area contributed by atoms with E-state index >= 15 is 0 Å². The lowest BCUT2D eigenvalue weighted by atomic mass is 9.83. The lowest BCUT2D eigenvalue weighted by molar-refractivity contribution is -0.128. The number of ether oxygens (including phenoxy) is 1. The van der Waals surface area contributed by atoms with Crippen molar-refractivity contribution in [2.24, 2.45) is 11.8 Å². The van der Waals surface area contributed by atoms with E-state index in [-0.39, 0.29) is 18.4 Å². The molecule has 1 atom stereocenters. The van der Waals surface area contributed by atoms with Crippen LogP contribution in [0.2, 0.25) is 10.0 Å². The van der Waals surface area contributed by atoms with Crippen LogP contribution in [0.3, 0.4) is 0 Å². The Morgan fingerprint density at radius 3 is 2.54 bits per heavy atom. The van der Waals surface area contributed by atoms with Crippen molar-refractivity contribution in [3.63, 3.8) is 0 Å². The molecule has 0 unspecified atom stereocenters.